The Kier molecular flexibility index (Phi) is 280. The summed E-state index contributed by atoms with van der Waals surface area (Å²) in [5, 5.41) is 35.7. The van der Waals surface area contributed by atoms with Crippen LogP contribution in [-0.2, 0) is 48.6 Å². The van der Waals surface area contributed by atoms with Crippen molar-refractivity contribution in [2.24, 2.45) is 0 Å². The third kappa shape index (κ3) is 661. The van der Waals surface area contributed by atoms with E-state index in [-0.39, 0.29) is 101 Å². The molecule has 0 aromatic heterocycles. The Morgan fingerprint density at radius 3 is 0.667 bits per heavy atom. The van der Waals surface area contributed by atoms with Gasteiger partial charge in [-0.1, -0.05) is 27.7 Å². The molecule has 0 fully saturated rings. The summed E-state index contributed by atoms with van der Waals surface area (Å²) in [4.78, 5) is 0. The van der Waals surface area contributed by atoms with Crippen LogP contribution in [0.25, 0.3) is 0 Å². The van der Waals surface area contributed by atoms with Crippen molar-refractivity contribution in [3.8, 4) is 0 Å². The van der Waals surface area contributed by atoms with Crippen molar-refractivity contribution < 1.29 is 71.9 Å². The molecule has 1 radical (unpaired) electrons. The second-order valence-electron chi connectivity index (χ2n) is 1.15. The summed E-state index contributed by atoms with van der Waals surface area (Å²) in [5.41, 5.74) is 0. The topological polar surface area (TPSA) is 92.2 Å². The van der Waals surface area contributed by atoms with E-state index in [1.165, 1.54) is 0 Å². The van der Waals surface area contributed by atoms with Crippen LogP contribution < -0.4 is 20.4 Å². The standard InChI is InChI=1S/4C2H5O.Mg.Ta.Zr.2H/c4*1-2-3;;;;;/h4*2H2,1H3;;;;;/q4*-1;+2;;+4;2*-1. The average molecular weight is 479 g/mol. The summed E-state index contributed by atoms with van der Waals surface area (Å²) >= 11 is 0. The molecule has 0 aromatic carbocycles. The van der Waals surface area contributed by atoms with Crippen LogP contribution in [0.5, 0.6) is 0 Å². The van der Waals surface area contributed by atoms with E-state index >= 15 is 0 Å². The van der Waals surface area contributed by atoms with Gasteiger partial charge in [-0.15, -0.1) is 26.4 Å². The molecule has 0 amide bonds. The first-order chi connectivity index (χ1) is 5.66. The second-order valence-corrected chi connectivity index (χ2v) is 1.15. The van der Waals surface area contributed by atoms with E-state index in [4.69, 9.17) is 20.4 Å². The maximum atomic E-state index is 8.93. The first kappa shape index (κ1) is 43.4. The van der Waals surface area contributed by atoms with Crippen molar-refractivity contribution in [1.29, 1.82) is 0 Å². The van der Waals surface area contributed by atoms with Crippen molar-refractivity contribution in [2.45, 2.75) is 27.7 Å². The molecule has 0 heterocycles. The fourth-order valence-corrected chi connectivity index (χ4v) is 0. The van der Waals surface area contributed by atoms with Crippen molar-refractivity contribution in [3.05, 3.63) is 0 Å². The minimum atomic E-state index is 0. The monoisotopic (exact) mass is 477 g/mol. The number of hydrogen-bond donors (Lipinski definition) is 0. The molecule has 0 aliphatic heterocycles. The fourth-order valence-electron chi connectivity index (χ4n) is 0. The molecule has 0 rings (SSSR count). The first-order valence-electron chi connectivity index (χ1n) is 3.98. The Morgan fingerprint density at radius 1 is 0.667 bits per heavy atom. The molecule has 0 N–H and O–H groups in total. The van der Waals surface area contributed by atoms with Crippen molar-refractivity contribution in [2.75, 3.05) is 26.4 Å². The predicted octanol–water partition coefficient (Wildman–Crippen LogP) is -2.69. The molecule has 7 heteroatoms. The van der Waals surface area contributed by atoms with E-state index in [2.05, 4.69) is 0 Å². The summed E-state index contributed by atoms with van der Waals surface area (Å²) in [7, 11) is 0. The Bertz CT molecular complexity index is 43.5. The average Bonchev–Trinajstić information content (AvgIpc) is 1.92. The Labute approximate surface area is 148 Å². The molecule has 0 aromatic rings. The Hall–Kier alpha value is 2.23. The van der Waals surface area contributed by atoms with Crippen LogP contribution in [0.15, 0.2) is 0 Å². The van der Waals surface area contributed by atoms with Gasteiger partial charge in [0.25, 0.3) is 0 Å². The van der Waals surface area contributed by atoms with Crippen molar-refractivity contribution in [3.63, 3.8) is 0 Å². The van der Waals surface area contributed by atoms with Gasteiger partial charge in [-0.05, 0) is 0 Å². The zero-order chi connectivity index (χ0) is 10.8. The predicted molar refractivity (Wildman–Crippen MR) is 50.1 cm³/mol. The van der Waals surface area contributed by atoms with Crippen LogP contribution >= 0.6 is 0 Å². The van der Waals surface area contributed by atoms with E-state index in [0.717, 1.165) is 0 Å². The maximum absolute atomic E-state index is 8.93. The smallest absolute Gasteiger partial charge is 1.00 e. The van der Waals surface area contributed by atoms with Gasteiger partial charge in [0.05, 0.1) is 0 Å². The molecule has 0 unspecified atom stereocenters. The molecular weight excluding hydrogens is 457 g/mol. The van der Waals surface area contributed by atoms with Gasteiger partial charge in [-0.2, -0.15) is 0 Å². The minimum Gasteiger partial charge on any atom is -1.00 e. The SMILES string of the molecule is CC[O-].CC[O-].CC[O-].CC[O-].[H-].[H-].[Mg+2].[Ta].[Zr+4]. The molecule has 0 saturated heterocycles. The molecule has 0 spiro atoms. The van der Waals surface area contributed by atoms with Gasteiger partial charge in [-0.3, -0.25) is 0 Å². The van der Waals surface area contributed by atoms with Crippen LogP contribution in [0, 0.1) is 0 Å². The minimum absolute atomic E-state index is 0. The van der Waals surface area contributed by atoms with E-state index in [0.29, 0.717) is 0 Å². The number of hydrogen-bond acceptors (Lipinski definition) is 4. The van der Waals surface area contributed by atoms with Gasteiger partial charge in [0.15, 0.2) is 0 Å². The quantitative estimate of drug-likeness (QED) is 0.355. The van der Waals surface area contributed by atoms with Gasteiger partial charge in [0.2, 0.25) is 0 Å². The fraction of sp³-hybridized carbons (Fsp3) is 1.00. The molecule has 0 aliphatic rings. The Balaban J connectivity index is -0.00000000653. The largest absolute Gasteiger partial charge is 4.00 e. The summed E-state index contributed by atoms with van der Waals surface area (Å²) in [6, 6.07) is 0. The van der Waals surface area contributed by atoms with Gasteiger partial charge in [0.1, 0.15) is 0 Å². The van der Waals surface area contributed by atoms with Gasteiger partial charge in [0, 0.05) is 22.4 Å². The van der Waals surface area contributed by atoms with Crippen LogP contribution in [-0.4, -0.2) is 49.5 Å². The number of rotatable bonds is 0. The summed E-state index contributed by atoms with van der Waals surface area (Å²) in [5.74, 6) is 0. The van der Waals surface area contributed by atoms with Gasteiger partial charge >= 0.3 is 49.3 Å². The summed E-state index contributed by atoms with van der Waals surface area (Å²) in [6.07, 6.45) is 0. The van der Waals surface area contributed by atoms with Gasteiger partial charge in [-0.25, -0.2) is 0 Å². The van der Waals surface area contributed by atoms with E-state index in [9.17, 15) is 0 Å². The summed E-state index contributed by atoms with van der Waals surface area (Å²) in [6.45, 7) is 6.28. The zero-order valence-electron chi connectivity index (χ0n) is 12.1. The van der Waals surface area contributed by atoms with E-state index < -0.39 is 0 Å². The molecular formula is C8H22MgO4TaZr. The van der Waals surface area contributed by atoms with Crippen LogP contribution in [0.3, 0.4) is 0 Å². The molecule has 0 saturated carbocycles. The molecule has 89 valence electrons. The van der Waals surface area contributed by atoms with Gasteiger partial charge < -0.3 is 23.3 Å². The van der Waals surface area contributed by atoms with E-state index in [1.54, 1.807) is 27.7 Å². The normalized spacial score (nSPS) is 4.80. The zero-order valence-corrected chi connectivity index (χ0v) is 17.2. The van der Waals surface area contributed by atoms with Crippen LogP contribution in [0.4, 0.5) is 0 Å². The molecule has 4 nitrogen and oxygen atoms in total. The Morgan fingerprint density at radius 2 is 0.667 bits per heavy atom. The molecule has 15 heavy (non-hydrogen) atoms. The molecule has 0 aliphatic carbocycles. The van der Waals surface area contributed by atoms with Crippen LogP contribution in [0.2, 0.25) is 0 Å². The first-order valence-corrected chi connectivity index (χ1v) is 3.98. The maximum Gasteiger partial charge on any atom is 4.00 e. The van der Waals surface area contributed by atoms with Crippen molar-refractivity contribution in [1.82, 2.24) is 0 Å². The van der Waals surface area contributed by atoms with E-state index in [1.807, 2.05) is 0 Å². The molecule has 0 bridgehead atoms. The van der Waals surface area contributed by atoms with Crippen LogP contribution in [0.1, 0.15) is 30.5 Å². The second kappa shape index (κ2) is 97.0. The summed E-state index contributed by atoms with van der Waals surface area (Å²) < 4.78 is 0. The third-order valence-electron chi connectivity index (χ3n) is 0. The van der Waals surface area contributed by atoms with Crippen molar-refractivity contribution >= 4 is 23.1 Å². The molecule has 0 atom stereocenters. The third-order valence-corrected chi connectivity index (χ3v) is 0.